The van der Waals surface area contributed by atoms with Crippen LogP contribution in [0.1, 0.15) is 6.42 Å². The molecule has 1 rings (SSSR count). The Balaban J connectivity index is 2.88. The number of ether oxygens (including phenoxy) is 1. The van der Waals surface area contributed by atoms with Crippen molar-refractivity contribution in [1.82, 2.24) is 4.31 Å². The lowest BCUT2D eigenvalue weighted by Crippen LogP contribution is -2.34. The number of esters is 1. The Morgan fingerprint density at radius 1 is 1.38 bits per heavy atom. The molecule has 0 saturated heterocycles. The van der Waals surface area contributed by atoms with Gasteiger partial charge in [-0.3, -0.25) is 9.52 Å². The molecule has 118 valence electrons. The fraction of sp³-hybridized carbons (Fsp3) is 0.364. The maximum Gasteiger partial charge on any atom is 0.306 e. The summed E-state index contributed by atoms with van der Waals surface area (Å²) in [5.41, 5.74) is 0.0754. The highest BCUT2D eigenvalue weighted by Crippen LogP contribution is 2.34. The maximum absolute atomic E-state index is 12.1. The minimum atomic E-state index is -3.88. The van der Waals surface area contributed by atoms with E-state index in [0.717, 1.165) is 4.31 Å². The molecule has 0 radical (unpaired) electrons. The van der Waals surface area contributed by atoms with Crippen LogP contribution in [0, 0.1) is 0 Å². The molecule has 1 aromatic rings. The number of methoxy groups -OCH3 is 1. The topological polar surface area (TPSA) is 75.7 Å². The highest BCUT2D eigenvalue weighted by molar-refractivity contribution is 9.10. The van der Waals surface area contributed by atoms with Crippen LogP contribution < -0.4 is 4.72 Å². The molecule has 6 nitrogen and oxygen atoms in total. The van der Waals surface area contributed by atoms with Crippen molar-refractivity contribution in [2.24, 2.45) is 0 Å². The van der Waals surface area contributed by atoms with Gasteiger partial charge in [0.15, 0.2) is 0 Å². The minimum absolute atomic E-state index is 0.0340. The van der Waals surface area contributed by atoms with E-state index in [1.165, 1.54) is 26.3 Å². The molecular weight excluding hydrogens is 407 g/mol. The third-order valence-electron chi connectivity index (χ3n) is 2.51. The van der Waals surface area contributed by atoms with Gasteiger partial charge in [-0.2, -0.15) is 12.7 Å². The molecule has 0 aromatic heterocycles. The van der Waals surface area contributed by atoms with Gasteiger partial charge in [-0.1, -0.05) is 39.1 Å². The first-order chi connectivity index (χ1) is 9.67. The number of halogens is 3. The van der Waals surface area contributed by atoms with E-state index < -0.39 is 16.2 Å². The van der Waals surface area contributed by atoms with Gasteiger partial charge in [-0.15, -0.1) is 0 Å². The van der Waals surface area contributed by atoms with Gasteiger partial charge in [0.25, 0.3) is 0 Å². The number of anilines is 1. The zero-order chi connectivity index (χ0) is 16.2. The molecule has 0 aliphatic carbocycles. The summed E-state index contributed by atoms with van der Waals surface area (Å²) in [5.74, 6) is -0.503. The van der Waals surface area contributed by atoms with Gasteiger partial charge < -0.3 is 4.74 Å². The molecule has 10 heteroatoms. The summed E-state index contributed by atoms with van der Waals surface area (Å²) in [4.78, 5) is 11.0. The van der Waals surface area contributed by atoms with E-state index in [9.17, 15) is 13.2 Å². The number of nitrogens with one attached hydrogen (secondary N) is 1. The third-order valence-corrected chi connectivity index (χ3v) is 5.03. The lowest BCUT2D eigenvalue weighted by Gasteiger charge is -2.19. The van der Waals surface area contributed by atoms with E-state index in [4.69, 9.17) is 23.2 Å². The van der Waals surface area contributed by atoms with Crippen molar-refractivity contribution in [2.75, 3.05) is 25.4 Å². The molecule has 21 heavy (non-hydrogen) atoms. The van der Waals surface area contributed by atoms with Crippen LogP contribution in [0.5, 0.6) is 0 Å². The summed E-state index contributed by atoms with van der Waals surface area (Å²) >= 11 is 15.1. The second-order valence-corrected chi connectivity index (χ2v) is 7.51. The molecule has 0 aliphatic rings. The maximum atomic E-state index is 12.1. The third kappa shape index (κ3) is 5.30. The summed E-state index contributed by atoms with van der Waals surface area (Å²) in [6.45, 7) is -0.0340. The Bertz CT molecular complexity index is 616. The van der Waals surface area contributed by atoms with Crippen molar-refractivity contribution in [2.45, 2.75) is 6.42 Å². The van der Waals surface area contributed by atoms with Crippen molar-refractivity contribution in [3.8, 4) is 0 Å². The molecule has 0 atom stereocenters. The Labute approximate surface area is 141 Å². The van der Waals surface area contributed by atoms with Crippen LogP contribution in [0.3, 0.4) is 0 Å². The second kappa shape index (κ2) is 7.64. The Kier molecular flexibility index (Phi) is 6.73. The van der Waals surface area contributed by atoms with Crippen molar-refractivity contribution in [3.63, 3.8) is 0 Å². The van der Waals surface area contributed by atoms with Crippen LogP contribution >= 0.6 is 39.1 Å². The van der Waals surface area contributed by atoms with Gasteiger partial charge in [-0.05, 0) is 12.1 Å². The van der Waals surface area contributed by atoms with Crippen LogP contribution in [0.15, 0.2) is 16.6 Å². The van der Waals surface area contributed by atoms with E-state index in [-0.39, 0.29) is 28.7 Å². The Morgan fingerprint density at radius 3 is 2.38 bits per heavy atom. The van der Waals surface area contributed by atoms with E-state index in [1.807, 2.05) is 0 Å². The van der Waals surface area contributed by atoms with Gasteiger partial charge >= 0.3 is 16.2 Å². The summed E-state index contributed by atoms with van der Waals surface area (Å²) in [7, 11) is -1.33. The van der Waals surface area contributed by atoms with E-state index >= 15 is 0 Å². The molecule has 1 aromatic carbocycles. The van der Waals surface area contributed by atoms with Crippen molar-refractivity contribution >= 4 is 61.0 Å². The van der Waals surface area contributed by atoms with E-state index in [1.54, 1.807) is 0 Å². The smallest absolute Gasteiger partial charge is 0.306 e. The van der Waals surface area contributed by atoms with Crippen LogP contribution in [-0.4, -0.2) is 39.4 Å². The molecule has 0 aliphatic heterocycles. The molecule has 0 fully saturated rings. The summed E-state index contributed by atoms with van der Waals surface area (Å²) < 4.78 is 32.6. The normalized spacial score (nSPS) is 11.5. The van der Waals surface area contributed by atoms with Crippen molar-refractivity contribution < 1.29 is 17.9 Å². The van der Waals surface area contributed by atoms with Crippen LogP contribution in [-0.2, 0) is 19.7 Å². The molecule has 0 spiro atoms. The standard InChI is InChI=1S/C11H13BrCl2N2O4S/c1-16(4-3-10(17)20-2)21(18,19)15-11-8(13)5-7(12)6-9(11)14/h5-6,15H,3-4H2,1-2H3. The van der Waals surface area contributed by atoms with Crippen LogP contribution in [0.4, 0.5) is 5.69 Å². The highest BCUT2D eigenvalue weighted by atomic mass is 79.9. The van der Waals surface area contributed by atoms with Crippen LogP contribution in [0.25, 0.3) is 0 Å². The number of hydrogen-bond donors (Lipinski definition) is 1. The molecule has 0 amide bonds. The zero-order valence-electron chi connectivity index (χ0n) is 11.2. The molecule has 0 saturated carbocycles. The lowest BCUT2D eigenvalue weighted by molar-refractivity contribution is -0.140. The average molecular weight is 420 g/mol. The van der Waals surface area contributed by atoms with Crippen molar-refractivity contribution in [3.05, 3.63) is 26.7 Å². The Hall–Kier alpha value is -0.540. The molecule has 1 N–H and O–H groups in total. The number of carbonyl (C=O) groups is 1. The first-order valence-corrected chi connectivity index (χ1v) is 8.61. The predicted molar refractivity (Wildman–Crippen MR) is 86.0 cm³/mol. The van der Waals surface area contributed by atoms with Crippen molar-refractivity contribution in [1.29, 1.82) is 0 Å². The molecule has 0 unspecified atom stereocenters. The molecular formula is C11H13BrCl2N2O4S. The Morgan fingerprint density at radius 2 is 1.90 bits per heavy atom. The number of carbonyl (C=O) groups excluding carboxylic acids is 1. The first kappa shape index (κ1) is 18.5. The minimum Gasteiger partial charge on any atom is -0.469 e. The van der Waals surface area contributed by atoms with Crippen LogP contribution in [0.2, 0.25) is 10.0 Å². The van der Waals surface area contributed by atoms with Gasteiger partial charge in [-0.25, -0.2) is 0 Å². The lowest BCUT2D eigenvalue weighted by atomic mass is 10.3. The monoisotopic (exact) mass is 418 g/mol. The quantitative estimate of drug-likeness (QED) is 0.719. The van der Waals surface area contributed by atoms with E-state index in [2.05, 4.69) is 25.4 Å². The van der Waals surface area contributed by atoms with Gasteiger partial charge in [0.1, 0.15) is 0 Å². The second-order valence-electron chi connectivity index (χ2n) is 4.00. The summed E-state index contributed by atoms with van der Waals surface area (Å²) in [6.07, 6.45) is -0.0598. The highest BCUT2D eigenvalue weighted by Gasteiger charge is 2.21. The SMILES string of the molecule is COC(=O)CCN(C)S(=O)(=O)Nc1c(Cl)cc(Br)cc1Cl. The van der Waals surface area contributed by atoms with E-state index in [0.29, 0.717) is 4.47 Å². The van der Waals surface area contributed by atoms with Gasteiger partial charge in [0.2, 0.25) is 0 Å². The fourth-order valence-corrected chi connectivity index (χ4v) is 3.70. The van der Waals surface area contributed by atoms with Gasteiger partial charge in [0.05, 0.1) is 29.3 Å². The number of benzene rings is 1. The largest absolute Gasteiger partial charge is 0.469 e. The summed E-state index contributed by atoms with van der Waals surface area (Å²) in [6, 6.07) is 3.03. The predicted octanol–water partition coefficient (Wildman–Crippen LogP) is 2.91. The fourth-order valence-electron chi connectivity index (χ4n) is 1.32. The summed E-state index contributed by atoms with van der Waals surface area (Å²) in [5, 5.41) is 0.304. The molecule has 0 bridgehead atoms. The number of nitrogens with zero attached hydrogens (tertiary/aromatic N) is 1. The zero-order valence-corrected chi connectivity index (χ0v) is 15.1. The number of hydrogen-bond acceptors (Lipinski definition) is 4. The molecule has 0 heterocycles. The van der Waals surface area contributed by atoms with Gasteiger partial charge in [0, 0.05) is 18.1 Å². The average Bonchev–Trinajstić information content (AvgIpc) is 2.39. The first-order valence-electron chi connectivity index (χ1n) is 5.63. The number of rotatable bonds is 6.